The fourth-order valence-corrected chi connectivity index (χ4v) is 2.28. The van der Waals surface area contributed by atoms with Crippen molar-refractivity contribution in [3.63, 3.8) is 0 Å². The van der Waals surface area contributed by atoms with Crippen LogP contribution < -0.4 is 5.32 Å². The Labute approximate surface area is 95.3 Å². The van der Waals surface area contributed by atoms with Crippen LogP contribution in [0.2, 0.25) is 5.02 Å². The fraction of sp³-hybridized carbons (Fsp3) is 0.500. The van der Waals surface area contributed by atoms with Gasteiger partial charge >= 0.3 is 0 Å². The maximum absolute atomic E-state index is 9.84. The number of aliphatic hydroxyl groups is 1. The molecule has 1 aliphatic rings. The second kappa shape index (κ2) is 4.97. The zero-order valence-corrected chi connectivity index (χ0v) is 9.37. The lowest BCUT2D eigenvalue weighted by atomic mass is 9.90. The smallest absolute Gasteiger partial charge is 0.0595 e. The average Bonchev–Trinajstić information content (AvgIpc) is 2.24. The van der Waals surface area contributed by atoms with Crippen LogP contribution in [-0.2, 0) is 6.42 Å². The molecule has 1 aliphatic heterocycles. The zero-order valence-electron chi connectivity index (χ0n) is 8.62. The number of nitrogens with one attached hydrogen (secondary N) is 1. The molecule has 0 amide bonds. The molecule has 82 valence electrons. The topological polar surface area (TPSA) is 32.3 Å². The SMILES string of the molecule is OC1CCNCC1Cc1ccccc1Cl. The molecule has 2 unspecified atom stereocenters. The highest BCUT2D eigenvalue weighted by Crippen LogP contribution is 2.22. The summed E-state index contributed by atoms with van der Waals surface area (Å²) in [6.45, 7) is 1.80. The van der Waals surface area contributed by atoms with Gasteiger partial charge in [-0.1, -0.05) is 29.8 Å². The Balaban J connectivity index is 2.04. The van der Waals surface area contributed by atoms with E-state index < -0.39 is 0 Å². The highest BCUT2D eigenvalue weighted by molar-refractivity contribution is 6.31. The van der Waals surface area contributed by atoms with E-state index in [4.69, 9.17) is 11.6 Å². The van der Waals surface area contributed by atoms with E-state index in [2.05, 4.69) is 5.32 Å². The summed E-state index contributed by atoms with van der Waals surface area (Å²) < 4.78 is 0. The quantitative estimate of drug-likeness (QED) is 0.805. The van der Waals surface area contributed by atoms with Crippen LogP contribution in [-0.4, -0.2) is 24.3 Å². The van der Waals surface area contributed by atoms with Gasteiger partial charge in [0.05, 0.1) is 6.10 Å². The monoisotopic (exact) mass is 225 g/mol. The molecule has 0 saturated carbocycles. The third kappa shape index (κ3) is 2.71. The van der Waals surface area contributed by atoms with Crippen LogP contribution in [0.25, 0.3) is 0 Å². The van der Waals surface area contributed by atoms with Crippen LogP contribution in [0.15, 0.2) is 24.3 Å². The first-order valence-corrected chi connectivity index (χ1v) is 5.77. The Hall–Kier alpha value is -0.570. The third-order valence-electron chi connectivity index (χ3n) is 3.01. The predicted molar refractivity (Wildman–Crippen MR) is 62.1 cm³/mol. The number of piperidine rings is 1. The minimum atomic E-state index is -0.192. The first-order valence-electron chi connectivity index (χ1n) is 5.39. The van der Waals surface area contributed by atoms with Gasteiger partial charge < -0.3 is 10.4 Å². The molecule has 1 heterocycles. The second-order valence-corrected chi connectivity index (χ2v) is 4.52. The summed E-state index contributed by atoms with van der Waals surface area (Å²) in [5.74, 6) is 0.290. The van der Waals surface area contributed by atoms with Crippen LogP contribution in [0, 0.1) is 5.92 Å². The van der Waals surface area contributed by atoms with Gasteiger partial charge in [-0.15, -0.1) is 0 Å². The molecule has 2 rings (SSSR count). The van der Waals surface area contributed by atoms with Gasteiger partial charge in [-0.2, -0.15) is 0 Å². The first-order chi connectivity index (χ1) is 7.27. The van der Waals surface area contributed by atoms with Gasteiger partial charge in [0.1, 0.15) is 0 Å². The summed E-state index contributed by atoms with van der Waals surface area (Å²) in [4.78, 5) is 0. The van der Waals surface area contributed by atoms with Crippen molar-refractivity contribution in [1.82, 2.24) is 5.32 Å². The van der Waals surface area contributed by atoms with E-state index in [9.17, 15) is 5.11 Å². The van der Waals surface area contributed by atoms with Gasteiger partial charge in [0.2, 0.25) is 0 Å². The molecule has 0 aliphatic carbocycles. The summed E-state index contributed by atoms with van der Waals surface area (Å²) in [6.07, 6.45) is 1.51. The minimum Gasteiger partial charge on any atom is -0.393 e. The normalized spacial score (nSPS) is 26.5. The Kier molecular flexibility index (Phi) is 3.62. The Morgan fingerprint density at radius 3 is 2.93 bits per heavy atom. The predicted octanol–water partition coefficient (Wildman–Crippen LogP) is 1.85. The van der Waals surface area contributed by atoms with E-state index in [0.29, 0.717) is 5.92 Å². The van der Waals surface area contributed by atoms with E-state index in [0.717, 1.165) is 36.5 Å². The number of hydrogen-bond donors (Lipinski definition) is 2. The highest BCUT2D eigenvalue weighted by atomic mass is 35.5. The summed E-state index contributed by atoms with van der Waals surface area (Å²) in [5, 5.41) is 13.9. The van der Waals surface area contributed by atoms with Gasteiger partial charge in [-0.25, -0.2) is 0 Å². The minimum absolute atomic E-state index is 0.192. The van der Waals surface area contributed by atoms with Crippen LogP contribution in [0.5, 0.6) is 0 Å². The maximum Gasteiger partial charge on any atom is 0.0595 e. The summed E-state index contributed by atoms with van der Waals surface area (Å²) in [5.41, 5.74) is 1.13. The summed E-state index contributed by atoms with van der Waals surface area (Å²) in [6, 6.07) is 7.86. The molecule has 0 radical (unpaired) electrons. The number of rotatable bonds is 2. The van der Waals surface area contributed by atoms with Crippen molar-refractivity contribution in [2.24, 2.45) is 5.92 Å². The molecular weight excluding hydrogens is 210 g/mol. The Bertz CT molecular complexity index is 329. The molecule has 3 heteroatoms. The van der Waals surface area contributed by atoms with Crippen molar-refractivity contribution in [3.05, 3.63) is 34.9 Å². The molecule has 2 N–H and O–H groups in total. The molecule has 0 bridgehead atoms. The van der Waals surface area contributed by atoms with Crippen molar-refractivity contribution in [1.29, 1.82) is 0 Å². The Morgan fingerprint density at radius 2 is 2.20 bits per heavy atom. The standard InChI is InChI=1S/C12H16ClNO/c13-11-4-2-1-3-9(11)7-10-8-14-6-5-12(10)15/h1-4,10,12,14-15H,5-8H2. The van der Waals surface area contributed by atoms with Crippen LogP contribution in [0.4, 0.5) is 0 Å². The van der Waals surface area contributed by atoms with Crippen molar-refractivity contribution in [2.45, 2.75) is 18.9 Å². The van der Waals surface area contributed by atoms with E-state index in [1.807, 2.05) is 24.3 Å². The third-order valence-corrected chi connectivity index (χ3v) is 3.38. The lowest BCUT2D eigenvalue weighted by molar-refractivity contribution is 0.0792. The Morgan fingerprint density at radius 1 is 1.40 bits per heavy atom. The van der Waals surface area contributed by atoms with Crippen LogP contribution >= 0.6 is 11.6 Å². The van der Waals surface area contributed by atoms with E-state index >= 15 is 0 Å². The maximum atomic E-state index is 9.84. The van der Waals surface area contributed by atoms with Gasteiger partial charge in [-0.05, 0) is 31.0 Å². The van der Waals surface area contributed by atoms with Crippen molar-refractivity contribution in [3.8, 4) is 0 Å². The molecular formula is C12H16ClNO. The molecule has 0 aromatic heterocycles. The van der Waals surface area contributed by atoms with Crippen LogP contribution in [0.1, 0.15) is 12.0 Å². The number of aliphatic hydroxyl groups excluding tert-OH is 1. The number of hydrogen-bond acceptors (Lipinski definition) is 2. The molecule has 1 fully saturated rings. The van der Waals surface area contributed by atoms with E-state index in [1.54, 1.807) is 0 Å². The van der Waals surface area contributed by atoms with Crippen molar-refractivity contribution < 1.29 is 5.11 Å². The first kappa shape index (κ1) is 10.9. The molecule has 1 aromatic carbocycles. The average molecular weight is 226 g/mol. The van der Waals surface area contributed by atoms with E-state index in [1.165, 1.54) is 0 Å². The molecule has 15 heavy (non-hydrogen) atoms. The molecule has 1 aromatic rings. The number of halogens is 1. The molecule has 0 spiro atoms. The summed E-state index contributed by atoms with van der Waals surface area (Å²) >= 11 is 6.09. The van der Waals surface area contributed by atoms with Gasteiger partial charge in [0, 0.05) is 17.5 Å². The van der Waals surface area contributed by atoms with Crippen LogP contribution in [0.3, 0.4) is 0 Å². The second-order valence-electron chi connectivity index (χ2n) is 4.12. The van der Waals surface area contributed by atoms with Crippen molar-refractivity contribution in [2.75, 3.05) is 13.1 Å². The molecule has 2 nitrogen and oxygen atoms in total. The fourth-order valence-electron chi connectivity index (χ4n) is 2.06. The van der Waals surface area contributed by atoms with Gasteiger partial charge in [-0.3, -0.25) is 0 Å². The van der Waals surface area contributed by atoms with Gasteiger partial charge in [0.15, 0.2) is 0 Å². The lowest BCUT2D eigenvalue weighted by Crippen LogP contribution is -2.40. The largest absolute Gasteiger partial charge is 0.393 e. The van der Waals surface area contributed by atoms with Crippen molar-refractivity contribution >= 4 is 11.6 Å². The lowest BCUT2D eigenvalue weighted by Gasteiger charge is -2.28. The molecule has 2 atom stereocenters. The highest BCUT2D eigenvalue weighted by Gasteiger charge is 2.23. The van der Waals surface area contributed by atoms with E-state index in [-0.39, 0.29) is 6.10 Å². The summed E-state index contributed by atoms with van der Waals surface area (Å²) in [7, 11) is 0. The number of benzene rings is 1. The van der Waals surface area contributed by atoms with Gasteiger partial charge in [0.25, 0.3) is 0 Å². The molecule has 1 saturated heterocycles. The zero-order chi connectivity index (χ0) is 10.7.